The molecule has 0 aliphatic carbocycles. The van der Waals surface area contributed by atoms with Crippen LogP contribution in [0.15, 0.2) is 0 Å². The van der Waals surface area contributed by atoms with Gasteiger partial charge in [-0.1, -0.05) is 0 Å². The first-order chi connectivity index (χ1) is 4.92. The predicted molar refractivity (Wildman–Crippen MR) is 46.5 cm³/mol. The van der Waals surface area contributed by atoms with Crippen LogP contribution in [-0.4, -0.2) is 34.7 Å². The minimum Gasteiger partial charge on any atom is -0.390 e. The average Bonchev–Trinajstić information content (AvgIpc) is 1.81. The van der Waals surface area contributed by atoms with E-state index in [2.05, 4.69) is 25.8 Å². The minimum absolute atomic E-state index is 0.439. The summed E-state index contributed by atoms with van der Waals surface area (Å²) >= 11 is 0. The molecule has 0 amide bonds. The van der Waals surface area contributed by atoms with Crippen molar-refractivity contribution in [1.82, 2.24) is 4.90 Å². The highest BCUT2D eigenvalue weighted by Crippen LogP contribution is 2.29. The Labute approximate surface area is 69.2 Å². The molecular weight excluding hydrogens is 138 g/mol. The Bertz CT molecular complexity index is 130. The van der Waals surface area contributed by atoms with Crippen LogP contribution in [0.1, 0.15) is 33.6 Å². The molecule has 2 heteroatoms. The van der Waals surface area contributed by atoms with Gasteiger partial charge in [0, 0.05) is 12.1 Å². The molecule has 1 N–H and O–H groups in total. The number of likely N-dealkylation sites (tertiary alicyclic amines) is 1. The predicted octanol–water partition coefficient (Wildman–Crippen LogP) is 1.24. The maximum atomic E-state index is 9.81. The fraction of sp³-hybridized carbons (Fsp3) is 1.00. The molecule has 0 saturated carbocycles. The molecule has 2 atom stereocenters. The summed E-state index contributed by atoms with van der Waals surface area (Å²) in [6.45, 7) is 6.28. The molecule has 0 aromatic carbocycles. The van der Waals surface area contributed by atoms with E-state index < -0.39 is 5.60 Å². The lowest BCUT2D eigenvalue weighted by molar-refractivity contribution is -0.0444. The largest absolute Gasteiger partial charge is 0.390 e. The average molecular weight is 157 g/mol. The smallest absolute Gasteiger partial charge is 0.0649 e. The second kappa shape index (κ2) is 2.76. The van der Waals surface area contributed by atoms with E-state index in [0.717, 1.165) is 12.8 Å². The van der Waals surface area contributed by atoms with Crippen LogP contribution in [-0.2, 0) is 0 Å². The summed E-state index contributed by atoms with van der Waals surface area (Å²) in [5, 5.41) is 9.81. The molecule has 66 valence electrons. The highest BCUT2D eigenvalue weighted by atomic mass is 16.3. The third kappa shape index (κ3) is 1.94. The van der Waals surface area contributed by atoms with Gasteiger partial charge >= 0.3 is 0 Å². The number of nitrogens with zero attached hydrogens (tertiary/aromatic N) is 1. The van der Waals surface area contributed by atoms with Gasteiger partial charge in [0.2, 0.25) is 0 Å². The van der Waals surface area contributed by atoms with Gasteiger partial charge in [0.25, 0.3) is 0 Å². The zero-order chi connectivity index (χ0) is 8.65. The first-order valence-electron chi connectivity index (χ1n) is 4.37. The van der Waals surface area contributed by atoms with E-state index in [1.165, 1.54) is 0 Å². The van der Waals surface area contributed by atoms with Crippen molar-refractivity contribution in [2.75, 3.05) is 7.05 Å². The van der Waals surface area contributed by atoms with Gasteiger partial charge in [0.05, 0.1) is 5.60 Å². The molecule has 2 unspecified atom stereocenters. The van der Waals surface area contributed by atoms with Crippen LogP contribution in [0.3, 0.4) is 0 Å². The van der Waals surface area contributed by atoms with Gasteiger partial charge in [-0.05, 0) is 40.7 Å². The lowest BCUT2D eigenvalue weighted by Gasteiger charge is -2.43. The Morgan fingerprint density at radius 3 is 2.00 bits per heavy atom. The van der Waals surface area contributed by atoms with E-state index in [-0.39, 0.29) is 0 Å². The number of piperidine rings is 1. The Balaban J connectivity index is 2.62. The zero-order valence-electron chi connectivity index (χ0n) is 7.96. The molecule has 0 bridgehead atoms. The fourth-order valence-electron chi connectivity index (χ4n) is 2.08. The molecule has 0 spiro atoms. The van der Waals surface area contributed by atoms with Crippen molar-refractivity contribution in [3.63, 3.8) is 0 Å². The lowest BCUT2D eigenvalue weighted by Crippen LogP contribution is -2.50. The van der Waals surface area contributed by atoms with Gasteiger partial charge in [-0.25, -0.2) is 0 Å². The molecule has 1 heterocycles. The van der Waals surface area contributed by atoms with Crippen molar-refractivity contribution < 1.29 is 5.11 Å². The van der Waals surface area contributed by atoms with E-state index in [1.54, 1.807) is 0 Å². The first-order valence-corrected chi connectivity index (χ1v) is 4.37. The molecular formula is C9H19NO. The molecule has 1 fully saturated rings. The second-order valence-corrected chi connectivity index (χ2v) is 4.27. The number of rotatable bonds is 0. The van der Waals surface area contributed by atoms with E-state index in [1.807, 2.05) is 6.92 Å². The molecule has 0 aromatic rings. The Kier molecular flexibility index (Phi) is 2.26. The third-order valence-corrected chi connectivity index (χ3v) is 2.86. The van der Waals surface area contributed by atoms with Gasteiger partial charge in [-0.3, -0.25) is 0 Å². The Morgan fingerprint density at radius 1 is 1.27 bits per heavy atom. The summed E-state index contributed by atoms with van der Waals surface area (Å²) in [5.74, 6) is 0. The molecule has 2 nitrogen and oxygen atoms in total. The molecule has 1 rings (SSSR count). The first kappa shape index (κ1) is 9.01. The second-order valence-electron chi connectivity index (χ2n) is 4.27. The van der Waals surface area contributed by atoms with Crippen molar-refractivity contribution in [3.8, 4) is 0 Å². The van der Waals surface area contributed by atoms with Crippen molar-refractivity contribution in [1.29, 1.82) is 0 Å². The van der Waals surface area contributed by atoms with Crippen LogP contribution in [0.25, 0.3) is 0 Å². The van der Waals surface area contributed by atoms with Gasteiger partial charge in [0.15, 0.2) is 0 Å². The van der Waals surface area contributed by atoms with Gasteiger partial charge in [-0.2, -0.15) is 0 Å². The Hall–Kier alpha value is -0.0800. The molecule has 1 aliphatic heterocycles. The summed E-state index contributed by atoms with van der Waals surface area (Å²) in [4.78, 5) is 2.33. The fourth-order valence-corrected chi connectivity index (χ4v) is 2.08. The monoisotopic (exact) mass is 157 g/mol. The van der Waals surface area contributed by atoms with Crippen molar-refractivity contribution in [2.24, 2.45) is 0 Å². The van der Waals surface area contributed by atoms with Crippen LogP contribution < -0.4 is 0 Å². The molecule has 0 radical (unpaired) electrons. The number of aliphatic hydroxyl groups is 1. The highest BCUT2D eigenvalue weighted by Gasteiger charge is 2.34. The van der Waals surface area contributed by atoms with Crippen LogP contribution in [0.2, 0.25) is 0 Å². The highest BCUT2D eigenvalue weighted by molar-refractivity contribution is 4.89. The van der Waals surface area contributed by atoms with Crippen LogP contribution in [0, 0.1) is 0 Å². The molecule has 1 saturated heterocycles. The van der Waals surface area contributed by atoms with E-state index >= 15 is 0 Å². The van der Waals surface area contributed by atoms with Crippen molar-refractivity contribution >= 4 is 0 Å². The summed E-state index contributed by atoms with van der Waals surface area (Å²) in [6.07, 6.45) is 1.79. The van der Waals surface area contributed by atoms with Gasteiger partial charge in [0.1, 0.15) is 0 Å². The maximum absolute atomic E-state index is 9.81. The minimum atomic E-state index is -0.439. The SMILES string of the molecule is CC1CC(C)(O)CC(C)N1C. The molecule has 11 heavy (non-hydrogen) atoms. The number of hydrogen-bond donors (Lipinski definition) is 1. The number of hydrogen-bond acceptors (Lipinski definition) is 2. The third-order valence-electron chi connectivity index (χ3n) is 2.86. The Morgan fingerprint density at radius 2 is 1.64 bits per heavy atom. The molecule has 1 aliphatic rings. The maximum Gasteiger partial charge on any atom is 0.0649 e. The van der Waals surface area contributed by atoms with Crippen LogP contribution in [0.4, 0.5) is 0 Å². The van der Waals surface area contributed by atoms with Crippen LogP contribution >= 0.6 is 0 Å². The summed E-state index contributed by atoms with van der Waals surface area (Å²) in [6, 6.07) is 1.02. The van der Waals surface area contributed by atoms with Crippen molar-refractivity contribution in [2.45, 2.75) is 51.3 Å². The summed E-state index contributed by atoms with van der Waals surface area (Å²) in [5.41, 5.74) is -0.439. The lowest BCUT2D eigenvalue weighted by atomic mass is 9.85. The van der Waals surface area contributed by atoms with Crippen molar-refractivity contribution in [3.05, 3.63) is 0 Å². The van der Waals surface area contributed by atoms with E-state index in [9.17, 15) is 5.11 Å². The van der Waals surface area contributed by atoms with Gasteiger partial charge in [-0.15, -0.1) is 0 Å². The standard InChI is InChI=1S/C9H19NO/c1-7-5-9(3,11)6-8(2)10(7)4/h7-8,11H,5-6H2,1-4H3. The van der Waals surface area contributed by atoms with Crippen LogP contribution in [0.5, 0.6) is 0 Å². The van der Waals surface area contributed by atoms with E-state index in [0.29, 0.717) is 12.1 Å². The topological polar surface area (TPSA) is 23.5 Å². The van der Waals surface area contributed by atoms with E-state index in [4.69, 9.17) is 0 Å². The molecule has 0 aromatic heterocycles. The summed E-state index contributed by atoms with van der Waals surface area (Å²) < 4.78 is 0. The normalized spacial score (nSPS) is 47.7. The zero-order valence-corrected chi connectivity index (χ0v) is 7.96. The quantitative estimate of drug-likeness (QED) is 0.572. The summed E-state index contributed by atoms with van der Waals surface area (Å²) in [7, 11) is 2.13. The van der Waals surface area contributed by atoms with Gasteiger partial charge < -0.3 is 10.0 Å².